The van der Waals surface area contributed by atoms with Crippen LogP contribution in [0.25, 0.3) is 0 Å². The third-order valence-corrected chi connectivity index (χ3v) is 2.07. The van der Waals surface area contributed by atoms with Gasteiger partial charge in [0.05, 0.1) is 20.6 Å². The van der Waals surface area contributed by atoms with Crippen LogP contribution < -0.4 is 5.11 Å². The lowest BCUT2D eigenvalue weighted by Gasteiger charge is -2.26. The molecule has 0 radical (unpaired) electrons. The highest BCUT2D eigenvalue weighted by molar-refractivity contribution is 5.63. The first-order valence-corrected chi connectivity index (χ1v) is 5.40. The molecule has 0 spiro atoms. The van der Waals surface area contributed by atoms with E-state index in [1.807, 2.05) is 6.92 Å². The van der Waals surface area contributed by atoms with Crippen LogP contribution in [0.15, 0.2) is 0 Å². The summed E-state index contributed by atoms with van der Waals surface area (Å²) in [6.07, 6.45) is 1.87. The smallest absolute Gasteiger partial charge is 0.182 e. The standard InChI is InChI=1S/C6H16NO.C5H10O2/c1-5-7(2,3)6-8-4;1-2-3-4-5(6)7/h5-6H2,1-4H3;2-4H2,1H3,(H,6,7)/q+1;/p-1. The van der Waals surface area contributed by atoms with Gasteiger partial charge in [-0.25, -0.2) is 0 Å². The van der Waals surface area contributed by atoms with Crippen molar-refractivity contribution in [3.8, 4) is 0 Å². The third kappa shape index (κ3) is 16.1. The Morgan fingerprint density at radius 3 is 2.00 bits per heavy atom. The molecule has 0 saturated carbocycles. The summed E-state index contributed by atoms with van der Waals surface area (Å²) in [5.41, 5.74) is 0. The second kappa shape index (κ2) is 9.93. The lowest BCUT2D eigenvalue weighted by Crippen LogP contribution is -2.40. The summed E-state index contributed by atoms with van der Waals surface area (Å²) in [5.74, 6) is -0.943. The number of carbonyl (C=O) groups excluding carboxylic acids is 1. The molecule has 0 amide bonds. The highest BCUT2D eigenvalue weighted by Gasteiger charge is 2.08. The van der Waals surface area contributed by atoms with Gasteiger partial charge in [-0.2, -0.15) is 0 Å². The van der Waals surface area contributed by atoms with Crippen LogP contribution in [0.1, 0.15) is 33.1 Å². The minimum Gasteiger partial charge on any atom is -0.550 e. The number of quaternary nitrogens is 1. The molecule has 4 heteroatoms. The largest absolute Gasteiger partial charge is 0.550 e. The Labute approximate surface area is 93.4 Å². The maximum absolute atomic E-state index is 9.65. The van der Waals surface area contributed by atoms with Gasteiger partial charge >= 0.3 is 0 Å². The lowest BCUT2D eigenvalue weighted by atomic mass is 10.3. The van der Waals surface area contributed by atoms with E-state index in [4.69, 9.17) is 4.74 Å². The zero-order valence-electron chi connectivity index (χ0n) is 10.7. The topological polar surface area (TPSA) is 49.4 Å². The minimum atomic E-state index is -0.943. The summed E-state index contributed by atoms with van der Waals surface area (Å²) in [5, 5.41) is 9.65. The molecule has 0 fully saturated rings. The van der Waals surface area contributed by atoms with Gasteiger partial charge < -0.3 is 19.1 Å². The number of methoxy groups -OCH3 is 1. The van der Waals surface area contributed by atoms with Crippen molar-refractivity contribution < 1.29 is 19.1 Å². The number of hydrogen-bond donors (Lipinski definition) is 0. The molecule has 0 aromatic carbocycles. The van der Waals surface area contributed by atoms with Gasteiger partial charge in [0.25, 0.3) is 0 Å². The fraction of sp³-hybridized carbons (Fsp3) is 0.909. The van der Waals surface area contributed by atoms with E-state index in [2.05, 4.69) is 21.0 Å². The summed E-state index contributed by atoms with van der Waals surface area (Å²) in [7, 11) is 6.02. The molecule has 0 heterocycles. The molecule has 0 N–H and O–H groups in total. The molecular formula is C11H25NO3. The van der Waals surface area contributed by atoms with E-state index in [0.717, 1.165) is 30.6 Å². The van der Waals surface area contributed by atoms with Crippen LogP contribution in [0.5, 0.6) is 0 Å². The van der Waals surface area contributed by atoms with Gasteiger partial charge in [0, 0.05) is 13.1 Å². The summed E-state index contributed by atoms with van der Waals surface area (Å²) in [6, 6.07) is 0. The molecule has 92 valence electrons. The van der Waals surface area contributed by atoms with E-state index >= 15 is 0 Å². The highest BCUT2D eigenvalue weighted by atomic mass is 16.5. The number of rotatable bonds is 6. The minimum absolute atomic E-state index is 0.205. The second-order valence-electron chi connectivity index (χ2n) is 4.15. The van der Waals surface area contributed by atoms with Crippen LogP contribution >= 0.6 is 0 Å². The van der Waals surface area contributed by atoms with Crippen LogP contribution in [-0.2, 0) is 9.53 Å². The van der Waals surface area contributed by atoms with Crippen LogP contribution in [0, 0.1) is 0 Å². The van der Waals surface area contributed by atoms with Gasteiger partial charge in [0.15, 0.2) is 6.73 Å². The molecule has 0 aromatic rings. The quantitative estimate of drug-likeness (QED) is 0.486. The summed E-state index contributed by atoms with van der Waals surface area (Å²) < 4.78 is 5.91. The van der Waals surface area contributed by atoms with Gasteiger partial charge in [-0.1, -0.05) is 13.3 Å². The number of ether oxygens (including phenoxy) is 1. The Morgan fingerprint density at radius 1 is 1.33 bits per heavy atom. The SMILES string of the molecule is CCCCC(=O)[O-].CC[N+](C)(C)COC. The van der Waals surface area contributed by atoms with Crippen molar-refractivity contribution in [2.75, 3.05) is 34.5 Å². The number of hydrogen-bond acceptors (Lipinski definition) is 3. The first-order chi connectivity index (χ1) is 6.89. The van der Waals surface area contributed by atoms with Crippen molar-refractivity contribution in [1.82, 2.24) is 0 Å². The van der Waals surface area contributed by atoms with Crippen molar-refractivity contribution >= 4 is 5.97 Å². The fourth-order valence-corrected chi connectivity index (χ4v) is 0.762. The zero-order chi connectivity index (χ0) is 12.3. The molecule has 0 aliphatic rings. The molecule has 0 unspecified atom stereocenters. The van der Waals surface area contributed by atoms with Crippen molar-refractivity contribution in [3.63, 3.8) is 0 Å². The van der Waals surface area contributed by atoms with Crippen LogP contribution in [0.2, 0.25) is 0 Å². The first kappa shape index (κ1) is 16.8. The lowest BCUT2D eigenvalue weighted by molar-refractivity contribution is -0.907. The number of carbonyl (C=O) groups is 1. The predicted octanol–water partition coefficient (Wildman–Crippen LogP) is 0.613. The van der Waals surface area contributed by atoms with E-state index < -0.39 is 5.97 Å². The van der Waals surface area contributed by atoms with Gasteiger partial charge in [0.2, 0.25) is 0 Å². The van der Waals surface area contributed by atoms with Gasteiger partial charge in [-0.15, -0.1) is 0 Å². The number of nitrogens with zero attached hydrogens (tertiary/aromatic N) is 1. The number of carboxylic acids is 1. The molecule has 0 rings (SSSR count). The summed E-state index contributed by atoms with van der Waals surface area (Å²) in [6.45, 7) is 6.02. The van der Waals surface area contributed by atoms with Crippen LogP contribution in [0.4, 0.5) is 0 Å². The molecule has 0 aromatic heterocycles. The molecule has 15 heavy (non-hydrogen) atoms. The van der Waals surface area contributed by atoms with E-state index in [1.165, 1.54) is 0 Å². The van der Waals surface area contributed by atoms with Crippen molar-refractivity contribution in [1.29, 1.82) is 0 Å². The highest BCUT2D eigenvalue weighted by Crippen LogP contribution is 1.93. The van der Waals surface area contributed by atoms with Crippen LogP contribution in [-0.4, -0.2) is 44.9 Å². The molecular weight excluding hydrogens is 194 g/mol. The third-order valence-electron chi connectivity index (χ3n) is 2.07. The summed E-state index contributed by atoms with van der Waals surface area (Å²) >= 11 is 0. The molecule has 0 saturated heterocycles. The van der Waals surface area contributed by atoms with Gasteiger partial charge in [0.1, 0.15) is 0 Å². The average Bonchev–Trinajstić information content (AvgIpc) is 2.16. The normalized spacial score (nSPS) is 10.5. The van der Waals surface area contributed by atoms with Crippen molar-refractivity contribution in [2.45, 2.75) is 33.1 Å². The Bertz CT molecular complexity index is 158. The zero-order valence-corrected chi connectivity index (χ0v) is 10.7. The van der Waals surface area contributed by atoms with Gasteiger partial charge in [-0.05, 0) is 19.8 Å². The maximum Gasteiger partial charge on any atom is 0.182 e. The molecule has 4 nitrogen and oxygen atoms in total. The fourth-order valence-electron chi connectivity index (χ4n) is 0.762. The number of unbranched alkanes of at least 4 members (excludes halogenated alkanes) is 1. The second-order valence-corrected chi connectivity index (χ2v) is 4.15. The predicted molar refractivity (Wildman–Crippen MR) is 59.1 cm³/mol. The average molecular weight is 219 g/mol. The van der Waals surface area contributed by atoms with E-state index in [9.17, 15) is 9.90 Å². The first-order valence-electron chi connectivity index (χ1n) is 5.40. The van der Waals surface area contributed by atoms with E-state index in [0.29, 0.717) is 0 Å². The van der Waals surface area contributed by atoms with Crippen molar-refractivity contribution in [3.05, 3.63) is 0 Å². The van der Waals surface area contributed by atoms with Crippen LogP contribution in [0.3, 0.4) is 0 Å². The van der Waals surface area contributed by atoms with E-state index in [1.54, 1.807) is 7.11 Å². The monoisotopic (exact) mass is 219 g/mol. The molecule has 0 aliphatic carbocycles. The molecule has 0 atom stereocenters. The Morgan fingerprint density at radius 2 is 1.87 bits per heavy atom. The Hall–Kier alpha value is -0.610. The van der Waals surface area contributed by atoms with Crippen molar-refractivity contribution in [2.24, 2.45) is 0 Å². The Balaban J connectivity index is 0. The maximum atomic E-state index is 9.65. The number of aliphatic carboxylic acids is 1. The Kier molecular flexibility index (Phi) is 11.1. The molecule has 0 bridgehead atoms. The van der Waals surface area contributed by atoms with Gasteiger partial charge in [-0.3, -0.25) is 0 Å². The summed E-state index contributed by atoms with van der Waals surface area (Å²) in [4.78, 5) is 9.65. The van der Waals surface area contributed by atoms with E-state index in [-0.39, 0.29) is 6.42 Å². The number of carboxylic acid groups (broad SMARTS) is 1. The molecule has 0 aliphatic heterocycles.